The van der Waals surface area contributed by atoms with Gasteiger partial charge in [-0.25, -0.2) is 70.2 Å². The zero-order valence-corrected chi connectivity index (χ0v) is 29.8. The third kappa shape index (κ3) is 6.13. The molecule has 0 aromatic rings. The minimum Gasteiger partial charge on any atom is -0.286 e. The summed E-state index contributed by atoms with van der Waals surface area (Å²) in [6, 6.07) is 0. The second-order valence-electron chi connectivity index (χ2n) is 16.9. The van der Waals surface area contributed by atoms with Crippen molar-refractivity contribution in [3.8, 4) is 0 Å². The van der Waals surface area contributed by atoms with Crippen LogP contribution in [-0.4, -0.2) is 148 Å². The SMILES string of the molecule is FC1C(F)C(F)C2C3NC(NC4NC(NC5NC(NC6NC(N3)C3C(F)C(F)C(F)C(F)C63)C3C(F)C(F)C(F)C(F)C53)C3C(F)C(F)C(F)C(F)C43)C2C1F.[Cu]. The molecule has 8 nitrogen and oxygen atoms in total. The molecule has 8 bridgehead atoms. The maximum Gasteiger partial charge on any atom is 0.165 e. The Morgan fingerprint density at radius 2 is 0.246 bits per heavy atom. The van der Waals surface area contributed by atoms with Gasteiger partial charge in [0.1, 0.15) is 49.4 Å². The normalized spacial score (nSPS) is 64.8. The van der Waals surface area contributed by atoms with Crippen LogP contribution in [0, 0.1) is 47.3 Å². The molecule has 9 rings (SSSR count). The molecule has 5 heterocycles. The molecule has 5 saturated heterocycles. The molecule has 4 saturated carbocycles. The van der Waals surface area contributed by atoms with Crippen molar-refractivity contribution in [3.63, 3.8) is 0 Å². The van der Waals surface area contributed by atoms with Gasteiger partial charge in [0, 0.05) is 64.4 Å². The van der Waals surface area contributed by atoms with Gasteiger partial charge in [0.25, 0.3) is 0 Å². The third-order valence-electron chi connectivity index (χ3n) is 14.3. The Labute approximate surface area is 325 Å². The number of nitrogens with one attached hydrogen (secondary N) is 8. The summed E-state index contributed by atoms with van der Waals surface area (Å²) >= 11 is 0. The van der Waals surface area contributed by atoms with Gasteiger partial charge in [0.2, 0.25) is 0 Å². The van der Waals surface area contributed by atoms with Gasteiger partial charge in [-0.1, -0.05) is 0 Å². The molecule has 24 unspecified atom stereocenters. The van der Waals surface area contributed by atoms with Crippen LogP contribution in [0.15, 0.2) is 0 Å². The van der Waals surface area contributed by atoms with Gasteiger partial charge in [-0.05, 0) is 0 Å². The maximum atomic E-state index is 15.8. The molecule has 25 heteroatoms. The molecule has 331 valence electrons. The predicted octanol–water partition coefficient (Wildman–Crippen LogP) is 1.77. The van der Waals surface area contributed by atoms with Crippen molar-refractivity contribution in [2.45, 2.75) is 148 Å². The molecule has 0 aromatic heterocycles. The second kappa shape index (κ2) is 15.2. The summed E-state index contributed by atoms with van der Waals surface area (Å²) in [5.41, 5.74) is 0. The van der Waals surface area contributed by atoms with Gasteiger partial charge in [-0.15, -0.1) is 0 Å². The largest absolute Gasteiger partial charge is 0.286 e. The molecule has 9 aliphatic rings. The van der Waals surface area contributed by atoms with Gasteiger partial charge >= 0.3 is 0 Å². The first-order chi connectivity index (χ1) is 26.4. The standard InChI is InChI=1S/C32H40F16N8.Cu/c33-9-1-2(10(34)18(42)17(9)41)26-49-25(1)53-27-3-4(12(36)20(44)19(43)11(3)35)29(50-27)55-31-7-8(16(40)24(48)23(47)15(7)39)32(52-31)56-30-6-5(28(51-30)54-26)13(37)21(45)22(46)14(6)38;/h1-32,49-56H;. The Hall–Kier alpha value is -0.921. The van der Waals surface area contributed by atoms with Crippen LogP contribution in [0.4, 0.5) is 70.2 Å². The number of fused-ring (bicyclic) bond motifs is 20. The van der Waals surface area contributed by atoms with Crippen molar-refractivity contribution in [1.29, 1.82) is 0 Å². The summed E-state index contributed by atoms with van der Waals surface area (Å²) in [6.45, 7) is 0. The van der Waals surface area contributed by atoms with E-state index in [1.807, 2.05) is 0 Å². The number of rotatable bonds is 0. The summed E-state index contributed by atoms with van der Waals surface area (Å²) in [6.07, 6.45) is -61.1. The maximum absolute atomic E-state index is 15.8. The zero-order chi connectivity index (χ0) is 40.1. The molecular formula is C32H40CuF16N8. The van der Waals surface area contributed by atoms with Crippen LogP contribution in [0.3, 0.4) is 0 Å². The van der Waals surface area contributed by atoms with E-state index in [2.05, 4.69) is 42.5 Å². The van der Waals surface area contributed by atoms with Crippen LogP contribution in [-0.2, 0) is 17.1 Å². The quantitative estimate of drug-likeness (QED) is 0.138. The van der Waals surface area contributed by atoms with E-state index >= 15 is 35.1 Å². The van der Waals surface area contributed by atoms with Crippen molar-refractivity contribution in [2.75, 3.05) is 0 Å². The van der Waals surface area contributed by atoms with E-state index in [1.165, 1.54) is 0 Å². The fourth-order valence-corrected chi connectivity index (χ4v) is 11.8. The number of halogens is 16. The Kier molecular flexibility index (Phi) is 11.4. The van der Waals surface area contributed by atoms with E-state index in [1.54, 1.807) is 0 Å². The predicted molar refractivity (Wildman–Crippen MR) is 162 cm³/mol. The van der Waals surface area contributed by atoms with Crippen molar-refractivity contribution in [1.82, 2.24) is 42.5 Å². The molecule has 8 N–H and O–H groups in total. The monoisotopic (exact) mass is 903 g/mol. The first-order valence-electron chi connectivity index (χ1n) is 18.8. The summed E-state index contributed by atoms with van der Waals surface area (Å²) in [5.74, 6) is -15.4. The molecule has 9 fully saturated rings. The zero-order valence-electron chi connectivity index (χ0n) is 28.8. The van der Waals surface area contributed by atoms with Gasteiger partial charge in [0.05, 0.1) is 49.3 Å². The van der Waals surface area contributed by atoms with E-state index in [9.17, 15) is 35.1 Å². The van der Waals surface area contributed by atoms with E-state index in [0.717, 1.165) is 0 Å². The van der Waals surface area contributed by atoms with Crippen molar-refractivity contribution in [3.05, 3.63) is 0 Å². The van der Waals surface area contributed by atoms with Gasteiger partial charge in [-0.2, -0.15) is 0 Å². The number of hydrogen-bond acceptors (Lipinski definition) is 8. The van der Waals surface area contributed by atoms with Gasteiger partial charge in [-0.3, -0.25) is 42.5 Å². The fourth-order valence-electron chi connectivity index (χ4n) is 11.8. The molecule has 5 aliphatic heterocycles. The summed E-state index contributed by atoms with van der Waals surface area (Å²) in [7, 11) is 0. The fraction of sp³-hybridized carbons (Fsp3) is 1.00. The Balaban J connectivity index is 0.00000455. The van der Waals surface area contributed by atoms with Crippen LogP contribution in [0.5, 0.6) is 0 Å². The first kappa shape index (κ1) is 42.8. The van der Waals surface area contributed by atoms with Crippen molar-refractivity contribution < 1.29 is 87.3 Å². The van der Waals surface area contributed by atoms with Crippen LogP contribution < -0.4 is 42.5 Å². The molecule has 24 atom stereocenters. The van der Waals surface area contributed by atoms with E-state index < -0.39 is 195 Å². The second-order valence-corrected chi connectivity index (χ2v) is 16.9. The Morgan fingerprint density at radius 3 is 0.333 bits per heavy atom. The number of hydrogen-bond donors (Lipinski definition) is 8. The number of alkyl halides is 16. The van der Waals surface area contributed by atoms with Crippen LogP contribution >= 0.6 is 0 Å². The topological polar surface area (TPSA) is 96.2 Å². The summed E-state index contributed by atoms with van der Waals surface area (Å²) in [5, 5.41) is 21.0. The average Bonchev–Trinajstić information content (AvgIpc) is 3.92. The van der Waals surface area contributed by atoms with E-state index in [-0.39, 0.29) is 17.1 Å². The Bertz CT molecular complexity index is 1170. The molecule has 0 aromatic carbocycles. The van der Waals surface area contributed by atoms with Crippen molar-refractivity contribution >= 4 is 0 Å². The summed E-state index contributed by atoms with van der Waals surface area (Å²) < 4.78 is 246. The van der Waals surface area contributed by atoms with Gasteiger partial charge in [0.15, 0.2) is 49.4 Å². The molecule has 0 spiro atoms. The smallest absolute Gasteiger partial charge is 0.165 e. The average molecular weight is 904 g/mol. The van der Waals surface area contributed by atoms with Crippen LogP contribution in [0.2, 0.25) is 0 Å². The van der Waals surface area contributed by atoms with Crippen LogP contribution in [0.1, 0.15) is 0 Å². The molecular weight excluding hydrogens is 864 g/mol. The van der Waals surface area contributed by atoms with E-state index in [0.29, 0.717) is 0 Å². The van der Waals surface area contributed by atoms with Crippen molar-refractivity contribution in [2.24, 2.45) is 47.3 Å². The van der Waals surface area contributed by atoms with Crippen LogP contribution in [0.25, 0.3) is 0 Å². The van der Waals surface area contributed by atoms with Gasteiger partial charge < -0.3 is 0 Å². The Morgan fingerprint density at radius 1 is 0.158 bits per heavy atom. The first-order valence-corrected chi connectivity index (χ1v) is 18.8. The summed E-state index contributed by atoms with van der Waals surface area (Å²) in [4.78, 5) is 0. The molecule has 1 radical (unpaired) electrons. The minimum atomic E-state index is -3.07. The minimum absolute atomic E-state index is 0. The third-order valence-corrected chi connectivity index (χ3v) is 14.3. The molecule has 57 heavy (non-hydrogen) atoms. The molecule has 4 aliphatic carbocycles. The molecule has 0 amide bonds. The van der Waals surface area contributed by atoms with E-state index in [4.69, 9.17) is 0 Å².